The van der Waals surface area contributed by atoms with Gasteiger partial charge in [0.25, 0.3) is 0 Å². The Bertz CT molecular complexity index is 826. The molecule has 3 aromatic rings. The maximum atomic E-state index is 12.5. The number of alkyl halides is 3. The number of halogens is 3. The molecule has 6 nitrogen and oxygen atoms in total. The van der Waals surface area contributed by atoms with Crippen molar-refractivity contribution < 1.29 is 17.8 Å². The molecule has 0 unspecified atom stereocenters. The molecule has 0 aliphatic heterocycles. The first kappa shape index (κ1) is 14.2. The molecule has 114 valence electrons. The number of anilines is 1. The Balaban J connectivity index is 1.96. The topological polar surface area (TPSA) is 90.7 Å². The number of aromatic nitrogens is 4. The van der Waals surface area contributed by atoms with Gasteiger partial charge in [-0.3, -0.25) is 4.98 Å². The van der Waals surface area contributed by atoms with Gasteiger partial charge in [0.2, 0.25) is 5.65 Å². The molecule has 2 N–H and O–H groups in total. The van der Waals surface area contributed by atoms with E-state index in [1.165, 1.54) is 12.3 Å². The van der Waals surface area contributed by atoms with E-state index in [4.69, 9.17) is 5.73 Å². The van der Waals surface area contributed by atoms with Crippen LogP contribution in [0.4, 0.5) is 18.9 Å². The molecule has 0 aliphatic rings. The van der Waals surface area contributed by atoms with Crippen molar-refractivity contribution in [1.29, 1.82) is 0 Å². The van der Waals surface area contributed by atoms with E-state index >= 15 is 0 Å². The summed E-state index contributed by atoms with van der Waals surface area (Å²) in [5, 5.41) is 7.28. The summed E-state index contributed by atoms with van der Waals surface area (Å²) < 4.78 is 42.1. The predicted octanol–water partition coefficient (Wildman–Crippen LogP) is 2.51. The molecule has 3 rings (SSSR count). The van der Waals surface area contributed by atoms with Crippen molar-refractivity contribution in [1.82, 2.24) is 20.3 Å². The molecule has 0 saturated heterocycles. The summed E-state index contributed by atoms with van der Waals surface area (Å²) in [6.07, 6.45) is -2.99. The number of hydrogen-bond acceptors (Lipinski definition) is 6. The van der Waals surface area contributed by atoms with Crippen molar-refractivity contribution in [3.63, 3.8) is 0 Å². The highest BCUT2D eigenvalue weighted by Crippen LogP contribution is 2.29. The monoisotopic (exact) mass is 309 g/mol. The minimum atomic E-state index is -4.46. The van der Waals surface area contributed by atoms with Gasteiger partial charge in [0.15, 0.2) is 5.52 Å². The van der Waals surface area contributed by atoms with E-state index in [-0.39, 0.29) is 0 Å². The molecule has 0 spiro atoms. The van der Waals surface area contributed by atoms with Gasteiger partial charge in [-0.15, -0.1) is 0 Å². The molecule has 0 fully saturated rings. The Morgan fingerprint density at radius 2 is 2.00 bits per heavy atom. The zero-order valence-corrected chi connectivity index (χ0v) is 11.3. The molecule has 0 aromatic carbocycles. The van der Waals surface area contributed by atoms with E-state index in [0.717, 1.165) is 6.07 Å². The van der Waals surface area contributed by atoms with E-state index < -0.39 is 11.9 Å². The average molecular weight is 309 g/mol. The third-order valence-corrected chi connectivity index (χ3v) is 3.26. The highest BCUT2D eigenvalue weighted by molar-refractivity contribution is 5.85. The lowest BCUT2D eigenvalue weighted by Crippen LogP contribution is -2.08. The Labute approximate surface area is 122 Å². The second-order valence-corrected chi connectivity index (χ2v) is 4.75. The van der Waals surface area contributed by atoms with Crippen molar-refractivity contribution in [2.24, 2.45) is 0 Å². The molecule has 22 heavy (non-hydrogen) atoms. The number of hydrogen-bond donors (Lipinski definition) is 1. The summed E-state index contributed by atoms with van der Waals surface area (Å²) >= 11 is 0. The van der Waals surface area contributed by atoms with Crippen molar-refractivity contribution >= 4 is 16.9 Å². The lowest BCUT2D eigenvalue weighted by Gasteiger charge is -2.10. The summed E-state index contributed by atoms with van der Waals surface area (Å²) in [6.45, 7) is 1.73. The van der Waals surface area contributed by atoms with E-state index in [1.807, 2.05) is 0 Å². The summed E-state index contributed by atoms with van der Waals surface area (Å²) in [5.41, 5.74) is 7.91. The van der Waals surface area contributed by atoms with Gasteiger partial charge in [-0.2, -0.15) is 13.2 Å². The molecule has 0 saturated carbocycles. The molecule has 3 aromatic heterocycles. The fraction of sp³-hybridized carbons (Fsp3) is 0.231. The minimum Gasteiger partial charge on any atom is -0.396 e. The van der Waals surface area contributed by atoms with Crippen LogP contribution in [0.25, 0.3) is 11.2 Å². The zero-order valence-electron chi connectivity index (χ0n) is 11.3. The molecule has 3 heterocycles. The number of nitrogens with two attached hydrogens (primary N) is 1. The Morgan fingerprint density at radius 1 is 1.23 bits per heavy atom. The number of aryl methyl sites for hydroxylation is 1. The molecule has 0 bridgehead atoms. The van der Waals surface area contributed by atoms with Crippen molar-refractivity contribution in [2.45, 2.75) is 19.5 Å². The van der Waals surface area contributed by atoms with Gasteiger partial charge >= 0.3 is 6.18 Å². The largest absolute Gasteiger partial charge is 0.433 e. The second-order valence-electron chi connectivity index (χ2n) is 4.75. The molecular weight excluding hydrogens is 299 g/mol. The molecule has 0 radical (unpaired) electrons. The highest BCUT2D eigenvalue weighted by Gasteiger charge is 2.32. The lowest BCUT2D eigenvalue weighted by atomic mass is 10.0. The summed E-state index contributed by atoms with van der Waals surface area (Å²) in [5.74, 6) is 0. The van der Waals surface area contributed by atoms with Crippen molar-refractivity contribution in [2.75, 3.05) is 5.73 Å². The van der Waals surface area contributed by atoms with Crippen LogP contribution in [0.3, 0.4) is 0 Å². The third kappa shape index (κ3) is 2.45. The number of fused-ring (bicyclic) bond motifs is 1. The van der Waals surface area contributed by atoms with Crippen LogP contribution in [0.2, 0.25) is 0 Å². The first-order valence-corrected chi connectivity index (χ1v) is 6.25. The van der Waals surface area contributed by atoms with Crippen LogP contribution >= 0.6 is 0 Å². The number of nitrogens with zero attached hydrogens (tertiary/aromatic N) is 4. The van der Waals surface area contributed by atoms with Gasteiger partial charge in [0.1, 0.15) is 5.69 Å². The smallest absolute Gasteiger partial charge is 0.396 e. The van der Waals surface area contributed by atoms with Crippen LogP contribution in [0, 0.1) is 6.92 Å². The van der Waals surface area contributed by atoms with E-state index in [2.05, 4.69) is 24.9 Å². The molecule has 9 heteroatoms. The quantitative estimate of drug-likeness (QED) is 0.782. The van der Waals surface area contributed by atoms with Gasteiger partial charge in [0, 0.05) is 23.9 Å². The van der Waals surface area contributed by atoms with Gasteiger partial charge in [-0.05, 0) is 28.9 Å². The van der Waals surface area contributed by atoms with Gasteiger partial charge in [0.05, 0.1) is 5.69 Å². The van der Waals surface area contributed by atoms with Crippen molar-refractivity contribution in [3.05, 3.63) is 40.8 Å². The first-order chi connectivity index (χ1) is 10.4. The van der Waals surface area contributed by atoms with E-state index in [9.17, 15) is 13.2 Å². The summed E-state index contributed by atoms with van der Waals surface area (Å²) in [4.78, 5) is 7.63. The predicted molar refractivity (Wildman–Crippen MR) is 70.8 cm³/mol. The Hall–Kier alpha value is -2.71. The summed E-state index contributed by atoms with van der Waals surface area (Å²) in [6, 6.07) is 2.30. The number of pyridine rings is 2. The average Bonchev–Trinajstić information content (AvgIpc) is 2.91. The number of nitrogen functional groups attached to an aromatic ring is 1. The van der Waals surface area contributed by atoms with Crippen LogP contribution < -0.4 is 5.73 Å². The fourth-order valence-corrected chi connectivity index (χ4v) is 2.12. The normalized spacial score (nSPS) is 12.0. The van der Waals surface area contributed by atoms with Gasteiger partial charge < -0.3 is 5.73 Å². The minimum absolute atomic E-state index is 0.290. The van der Waals surface area contributed by atoms with Gasteiger partial charge in [-0.1, -0.05) is 6.07 Å². The molecule has 0 amide bonds. The fourth-order valence-electron chi connectivity index (χ4n) is 2.12. The van der Waals surface area contributed by atoms with Crippen LogP contribution in [0.15, 0.2) is 23.0 Å². The van der Waals surface area contributed by atoms with Crippen LogP contribution in [0.1, 0.15) is 22.5 Å². The van der Waals surface area contributed by atoms with Crippen LogP contribution in [-0.4, -0.2) is 20.3 Å². The first-order valence-electron chi connectivity index (χ1n) is 6.25. The van der Waals surface area contributed by atoms with Crippen molar-refractivity contribution in [3.8, 4) is 0 Å². The Morgan fingerprint density at radius 3 is 2.64 bits per heavy atom. The second kappa shape index (κ2) is 4.93. The van der Waals surface area contributed by atoms with E-state index in [1.54, 1.807) is 6.92 Å². The third-order valence-electron chi connectivity index (χ3n) is 3.26. The lowest BCUT2D eigenvalue weighted by molar-refractivity contribution is -0.141. The van der Waals surface area contributed by atoms with E-state index in [0.29, 0.717) is 40.1 Å². The highest BCUT2D eigenvalue weighted by atomic mass is 19.4. The maximum Gasteiger partial charge on any atom is 0.433 e. The molecule has 0 atom stereocenters. The maximum absolute atomic E-state index is 12.5. The SMILES string of the molecule is Cc1nc2nonc2c(N)c1Cc1ccc(C(F)(F)F)nc1. The molecule has 0 aliphatic carbocycles. The number of rotatable bonds is 2. The standard InChI is InChI=1S/C13H10F3N5O/c1-6-8(10(17)11-12(19-6)21-22-20-11)4-7-2-3-9(18-5-7)13(14,15)16/h2-3,5H,4,17H2,1H3. The van der Waals surface area contributed by atoms with Gasteiger partial charge in [-0.25, -0.2) is 9.61 Å². The summed E-state index contributed by atoms with van der Waals surface area (Å²) in [7, 11) is 0. The van der Waals surface area contributed by atoms with Crippen LogP contribution in [-0.2, 0) is 12.6 Å². The zero-order chi connectivity index (χ0) is 15.9. The van der Waals surface area contributed by atoms with Crippen LogP contribution in [0.5, 0.6) is 0 Å². The molecular formula is C13H10F3N5O. The Kier molecular flexibility index (Phi) is 3.19.